The van der Waals surface area contributed by atoms with Gasteiger partial charge >= 0.3 is 0 Å². The second kappa shape index (κ2) is 5.66. The van der Waals surface area contributed by atoms with E-state index in [9.17, 15) is 5.11 Å². The molecule has 1 aromatic rings. The summed E-state index contributed by atoms with van der Waals surface area (Å²) in [5, 5.41) is 11.1. The fraction of sp³-hybridized carbons (Fsp3) is 0.667. The summed E-state index contributed by atoms with van der Waals surface area (Å²) in [6.45, 7) is 8.52. The summed E-state index contributed by atoms with van der Waals surface area (Å²) in [4.78, 5) is 0. The van der Waals surface area contributed by atoms with Crippen LogP contribution in [-0.4, -0.2) is 5.11 Å². The van der Waals surface area contributed by atoms with E-state index in [1.807, 2.05) is 6.92 Å². The third kappa shape index (κ3) is 3.02. The quantitative estimate of drug-likeness (QED) is 0.833. The lowest BCUT2D eigenvalue weighted by molar-refractivity contribution is -0.0317. The van der Waals surface area contributed by atoms with Gasteiger partial charge in [-0.1, -0.05) is 49.9 Å². The number of aryl methyl sites for hydroxylation is 2. The molecular weight excluding hydrogens is 232 g/mol. The molecule has 1 aliphatic carbocycles. The molecule has 1 aromatic carbocycles. The predicted molar refractivity (Wildman–Crippen MR) is 81.2 cm³/mol. The predicted octanol–water partition coefficient (Wildman–Crippen LogP) is 4.73. The molecule has 0 saturated heterocycles. The van der Waals surface area contributed by atoms with Crippen molar-refractivity contribution < 1.29 is 5.11 Å². The second-order valence-corrected chi connectivity index (χ2v) is 6.60. The van der Waals surface area contributed by atoms with Crippen molar-refractivity contribution in [1.82, 2.24) is 0 Å². The van der Waals surface area contributed by atoms with Crippen molar-refractivity contribution in [3.63, 3.8) is 0 Å². The number of benzene rings is 1. The number of hydrogen-bond donors (Lipinski definition) is 1. The lowest BCUT2D eigenvalue weighted by Gasteiger charge is -2.39. The molecule has 3 unspecified atom stereocenters. The topological polar surface area (TPSA) is 20.2 Å². The van der Waals surface area contributed by atoms with Gasteiger partial charge in [0, 0.05) is 0 Å². The average Bonchev–Trinajstić information content (AvgIpc) is 2.41. The highest BCUT2D eigenvalue weighted by Gasteiger charge is 2.37. The van der Waals surface area contributed by atoms with E-state index < -0.39 is 5.60 Å². The molecule has 1 N–H and O–H groups in total. The SMILES string of the molecule is CCC1CCCC(C(C)(O)c2cc(C)ccc2C)C1. The van der Waals surface area contributed by atoms with Crippen LogP contribution in [0, 0.1) is 25.7 Å². The van der Waals surface area contributed by atoms with E-state index in [4.69, 9.17) is 0 Å². The number of hydrogen-bond acceptors (Lipinski definition) is 1. The van der Waals surface area contributed by atoms with Crippen LogP contribution in [0.5, 0.6) is 0 Å². The van der Waals surface area contributed by atoms with Gasteiger partial charge in [0.1, 0.15) is 0 Å². The monoisotopic (exact) mass is 260 g/mol. The lowest BCUT2D eigenvalue weighted by Crippen LogP contribution is -2.36. The third-order valence-corrected chi connectivity index (χ3v) is 5.09. The summed E-state index contributed by atoms with van der Waals surface area (Å²) in [5.41, 5.74) is 2.91. The molecule has 0 amide bonds. The van der Waals surface area contributed by atoms with Gasteiger partial charge in [-0.25, -0.2) is 0 Å². The standard InChI is InChI=1S/C18H28O/c1-5-15-7-6-8-16(12-15)18(4,19)17-11-13(2)9-10-14(17)3/h9-11,15-16,19H,5-8,12H2,1-4H3. The van der Waals surface area contributed by atoms with Crippen LogP contribution in [0.25, 0.3) is 0 Å². The molecule has 1 nitrogen and oxygen atoms in total. The molecule has 3 atom stereocenters. The van der Waals surface area contributed by atoms with Gasteiger partial charge in [0.15, 0.2) is 0 Å². The largest absolute Gasteiger partial charge is 0.385 e. The fourth-order valence-corrected chi connectivity index (χ4v) is 3.67. The molecular formula is C18H28O. The summed E-state index contributed by atoms with van der Waals surface area (Å²) in [5.74, 6) is 1.21. The summed E-state index contributed by atoms with van der Waals surface area (Å²) in [7, 11) is 0. The van der Waals surface area contributed by atoms with E-state index in [0.717, 1.165) is 17.9 Å². The van der Waals surface area contributed by atoms with Gasteiger partial charge in [-0.15, -0.1) is 0 Å². The molecule has 1 fully saturated rings. The molecule has 0 spiro atoms. The summed E-state index contributed by atoms with van der Waals surface area (Å²) in [6, 6.07) is 6.44. The Hall–Kier alpha value is -0.820. The van der Waals surface area contributed by atoms with Crippen LogP contribution in [0.1, 0.15) is 62.6 Å². The normalized spacial score (nSPS) is 27.0. The molecule has 2 rings (SSSR count). The Kier molecular flexibility index (Phi) is 4.35. The van der Waals surface area contributed by atoms with Gasteiger partial charge in [0.25, 0.3) is 0 Å². The molecule has 106 valence electrons. The number of aliphatic hydroxyl groups is 1. The maximum absolute atomic E-state index is 11.1. The Morgan fingerprint density at radius 2 is 2.00 bits per heavy atom. The van der Waals surface area contributed by atoms with Crippen molar-refractivity contribution in [1.29, 1.82) is 0 Å². The van der Waals surface area contributed by atoms with Crippen LogP contribution in [0.3, 0.4) is 0 Å². The second-order valence-electron chi connectivity index (χ2n) is 6.60. The van der Waals surface area contributed by atoms with Gasteiger partial charge in [-0.3, -0.25) is 0 Å². The van der Waals surface area contributed by atoms with Gasteiger partial charge in [0.05, 0.1) is 5.60 Å². The molecule has 0 aromatic heterocycles. The third-order valence-electron chi connectivity index (χ3n) is 5.09. The van der Waals surface area contributed by atoms with E-state index >= 15 is 0 Å². The molecule has 19 heavy (non-hydrogen) atoms. The molecule has 1 aliphatic rings. The number of rotatable bonds is 3. The minimum absolute atomic E-state index is 0.409. The molecule has 1 heteroatoms. The Bertz CT molecular complexity index is 433. The highest BCUT2D eigenvalue weighted by molar-refractivity contribution is 5.35. The Balaban J connectivity index is 2.27. The molecule has 0 aliphatic heterocycles. The zero-order chi connectivity index (χ0) is 14.0. The Morgan fingerprint density at radius 3 is 2.68 bits per heavy atom. The van der Waals surface area contributed by atoms with Crippen molar-refractivity contribution in [2.24, 2.45) is 11.8 Å². The molecule has 1 saturated carbocycles. The van der Waals surface area contributed by atoms with E-state index in [2.05, 4.69) is 39.0 Å². The van der Waals surface area contributed by atoms with Crippen molar-refractivity contribution in [3.8, 4) is 0 Å². The lowest BCUT2D eigenvalue weighted by atomic mass is 9.69. The van der Waals surface area contributed by atoms with Gasteiger partial charge in [-0.2, -0.15) is 0 Å². The van der Waals surface area contributed by atoms with Gasteiger partial charge in [0.2, 0.25) is 0 Å². The van der Waals surface area contributed by atoms with Gasteiger partial charge < -0.3 is 5.11 Å². The molecule has 0 bridgehead atoms. The summed E-state index contributed by atoms with van der Waals surface area (Å²) in [6.07, 6.45) is 6.20. The highest BCUT2D eigenvalue weighted by Crippen LogP contribution is 2.43. The van der Waals surface area contributed by atoms with Gasteiger partial charge in [-0.05, 0) is 56.6 Å². The minimum atomic E-state index is -0.677. The zero-order valence-corrected chi connectivity index (χ0v) is 12.9. The summed E-state index contributed by atoms with van der Waals surface area (Å²) >= 11 is 0. The first-order valence-corrected chi connectivity index (χ1v) is 7.75. The average molecular weight is 260 g/mol. The Morgan fingerprint density at radius 1 is 1.26 bits per heavy atom. The minimum Gasteiger partial charge on any atom is -0.385 e. The van der Waals surface area contributed by atoms with Crippen molar-refractivity contribution in [2.75, 3.05) is 0 Å². The van der Waals surface area contributed by atoms with Crippen LogP contribution in [0.2, 0.25) is 0 Å². The van der Waals surface area contributed by atoms with Crippen LogP contribution in [0.4, 0.5) is 0 Å². The van der Waals surface area contributed by atoms with E-state index in [1.54, 1.807) is 0 Å². The van der Waals surface area contributed by atoms with Crippen molar-refractivity contribution >= 4 is 0 Å². The van der Waals surface area contributed by atoms with E-state index in [0.29, 0.717) is 5.92 Å². The smallest absolute Gasteiger partial charge is 0.0899 e. The Labute approximate surface area is 118 Å². The van der Waals surface area contributed by atoms with Crippen LogP contribution in [0.15, 0.2) is 18.2 Å². The fourth-order valence-electron chi connectivity index (χ4n) is 3.67. The van der Waals surface area contributed by atoms with E-state index in [-0.39, 0.29) is 0 Å². The maximum atomic E-state index is 11.1. The first kappa shape index (κ1) is 14.6. The van der Waals surface area contributed by atoms with Crippen LogP contribution < -0.4 is 0 Å². The molecule has 0 heterocycles. The van der Waals surface area contributed by atoms with Crippen molar-refractivity contribution in [2.45, 2.75) is 65.4 Å². The molecule has 0 radical (unpaired) electrons. The zero-order valence-electron chi connectivity index (χ0n) is 12.9. The first-order valence-electron chi connectivity index (χ1n) is 7.75. The highest BCUT2D eigenvalue weighted by atomic mass is 16.3. The summed E-state index contributed by atoms with van der Waals surface area (Å²) < 4.78 is 0. The van der Waals surface area contributed by atoms with Crippen molar-refractivity contribution in [3.05, 3.63) is 34.9 Å². The first-order chi connectivity index (χ1) is 8.95. The van der Waals surface area contributed by atoms with E-state index in [1.165, 1.54) is 36.8 Å². The van der Waals surface area contributed by atoms with Crippen LogP contribution >= 0.6 is 0 Å². The van der Waals surface area contributed by atoms with Crippen LogP contribution in [-0.2, 0) is 5.60 Å². The maximum Gasteiger partial charge on any atom is 0.0899 e.